The van der Waals surface area contributed by atoms with E-state index in [-0.39, 0.29) is 29.0 Å². The van der Waals surface area contributed by atoms with E-state index in [0.717, 1.165) is 19.0 Å². The third-order valence-electron chi connectivity index (χ3n) is 3.98. The smallest absolute Gasteiger partial charge is 0.288 e. The van der Waals surface area contributed by atoms with Gasteiger partial charge in [-0.3, -0.25) is 14.9 Å². The molecule has 7 nitrogen and oxygen atoms in total. The highest BCUT2D eigenvalue weighted by Crippen LogP contribution is 2.26. The molecule has 7 heteroatoms. The van der Waals surface area contributed by atoms with Gasteiger partial charge in [0.1, 0.15) is 12.0 Å². The van der Waals surface area contributed by atoms with Crippen molar-refractivity contribution in [3.05, 3.63) is 27.9 Å². The zero-order valence-corrected chi connectivity index (χ0v) is 11.6. The Hall–Kier alpha value is -2.18. The molecule has 2 atom stereocenters. The second-order valence-electron chi connectivity index (χ2n) is 5.24. The summed E-state index contributed by atoms with van der Waals surface area (Å²) in [6.45, 7) is 4.73. The molecule has 1 aromatic heterocycles. The molecule has 20 heavy (non-hydrogen) atoms. The number of carbonyl (C=O) groups is 1. The second-order valence-corrected chi connectivity index (χ2v) is 5.24. The van der Waals surface area contributed by atoms with Gasteiger partial charge in [-0.25, -0.2) is 4.98 Å². The monoisotopic (exact) mass is 278 g/mol. The number of carbonyl (C=O) groups excluding carboxylic acids is 1. The number of nitrogens with two attached hydrogens (primary N) is 1. The van der Waals surface area contributed by atoms with Crippen LogP contribution < -0.4 is 5.73 Å². The van der Waals surface area contributed by atoms with Crippen LogP contribution in [0.4, 0.5) is 11.5 Å². The van der Waals surface area contributed by atoms with Gasteiger partial charge in [-0.1, -0.05) is 6.92 Å². The van der Waals surface area contributed by atoms with Gasteiger partial charge >= 0.3 is 0 Å². The highest BCUT2D eigenvalue weighted by Gasteiger charge is 2.30. The van der Waals surface area contributed by atoms with Gasteiger partial charge in [-0.2, -0.15) is 0 Å². The van der Waals surface area contributed by atoms with Gasteiger partial charge in [0.15, 0.2) is 0 Å². The Morgan fingerprint density at radius 2 is 2.25 bits per heavy atom. The Morgan fingerprint density at radius 3 is 2.90 bits per heavy atom. The lowest BCUT2D eigenvalue weighted by molar-refractivity contribution is -0.385. The van der Waals surface area contributed by atoms with Crippen LogP contribution in [-0.2, 0) is 0 Å². The predicted molar refractivity (Wildman–Crippen MR) is 74.2 cm³/mol. The maximum atomic E-state index is 12.5. The number of piperidine rings is 1. The number of hydrogen-bond donors (Lipinski definition) is 1. The number of nitrogens with zero attached hydrogens (tertiary/aromatic N) is 3. The average Bonchev–Trinajstić information content (AvgIpc) is 2.41. The lowest BCUT2D eigenvalue weighted by Crippen LogP contribution is -2.46. The topological polar surface area (TPSA) is 102 Å². The first-order valence-corrected chi connectivity index (χ1v) is 6.62. The van der Waals surface area contributed by atoms with E-state index in [9.17, 15) is 14.9 Å². The zero-order valence-electron chi connectivity index (χ0n) is 11.6. The molecule has 0 saturated carbocycles. The van der Waals surface area contributed by atoms with Crippen LogP contribution >= 0.6 is 0 Å². The predicted octanol–water partition coefficient (Wildman–Crippen LogP) is 1.83. The van der Waals surface area contributed by atoms with Gasteiger partial charge in [0.05, 0.1) is 10.5 Å². The third-order valence-corrected chi connectivity index (χ3v) is 3.98. The number of pyridine rings is 1. The number of nitrogen functional groups attached to an aromatic ring is 1. The van der Waals surface area contributed by atoms with Crippen molar-refractivity contribution in [1.29, 1.82) is 0 Å². The number of aromatic nitrogens is 1. The molecule has 0 radical (unpaired) electrons. The lowest BCUT2D eigenvalue weighted by atomic mass is 9.91. The van der Waals surface area contributed by atoms with Crippen LogP contribution in [0.1, 0.15) is 37.0 Å². The van der Waals surface area contributed by atoms with Crippen LogP contribution in [0.15, 0.2) is 12.3 Å². The lowest BCUT2D eigenvalue weighted by Gasteiger charge is -2.38. The molecule has 1 aliphatic rings. The summed E-state index contributed by atoms with van der Waals surface area (Å²) in [7, 11) is 0. The molecular formula is C13H18N4O3. The maximum absolute atomic E-state index is 12.5. The highest BCUT2D eigenvalue weighted by atomic mass is 16.6. The van der Waals surface area contributed by atoms with Crippen molar-refractivity contribution in [3.63, 3.8) is 0 Å². The Morgan fingerprint density at radius 1 is 1.55 bits per heavy atom. The molecule has 1 aromatic rings. The highest BCUT2D eigenvalue weighted by molar-refractivity contribution is 5.99. The zero-order chi connectivity index (χ0) is 14.9. The van der Waals surface area contributed by atoms with E-state index in [4.69, 9.17) is 5.73 Å². The summed E-state index contributed by atoms with van der Waals surface area (Å²) in [6.07, 6.45) is 3.07. The molecule has 2 heterocycles. The van der Waals surface area contributed by atoms with E-state index in [1.807, 2.05) is 6.92 Å². The summed E-state index contributed by atoms with van der Waals surface area (Å²) in [5, 5.41) is 10.8. The minimum absolute atomic E-state index is 0.0334. The number of amides is 1. The molecule has 1 saturated heterocycles. The minimum Gasteiger partial charge on any atom is -0.383 e. The molecule has 2 rings (SSSR count). The van der Waals surface area contributed by atoms with E-state index in [1.54, 1.807) is 4.90 Å². The minimum atomic E-state index is -0.578. The second kappa shape index (κ2) is 5.44. The van der Waals surface area contributed by atoms with E-state index in [2.05, 4.69) is 11.9 Å². The Labute approximate surface area is 116 Å². The molecule has 1 fully saturated rings. The average molecular weight is 278 g/mol. The Balaban J connectivity index is 2.33. The van der Waals surface area contributed by atoms with E-state index in [0.29, 0.717) is 12.5 Å². The first-order chi connectivity index (χ1) is 9.41. The van der Waals surface area contributed by atoms with Crippen molar-refractivity contribution < 1.29 is 9.72 Å². The molecule has 0 aliphatic carbocycles. The van der Waals surface area contributed by atoms with Crippen LogP contribution in [0.25, 0.3) is 0 Å². The first-order valence-electron chi connectivity index (χ1n) is 6.62. The summed E-state index contributed by atoms with van der Waals surface area (Å²) < 4.78 is 0. The van der Waals surface area contributed by atoms with Gasteiger partial charge in [0, 0.05) is 18.7 Å². The SMILES string of the molecule is CC1CCCN(C(=O)c2cc([N+](=O)[O-])cnc2N)C1C. The number of hydrogen-bond acceptors (Lipinski definition) is 5. The summed E-state index contributed by atoms with van der Waals surface area (Å²) >= 11 is 0. The fraction of sp³-hybridized carbons (Fsp3) is 0.538. The van der Waals surface area contributed by atoms with E-state index < -0.39 is 4.92 Å². The van der Waals surface area contributed by atoms with Crippen LogP contribution in [0.3, 0.4) is 0 Å². The number of likely N-dealkylation sites (tertiary alicyclic amines) is 1. The van der Waals surface area contributed by atoms with Crippen LogP contribution in [0, 0.1) is 16.0 Å². The summed E-state index contributed by atoms with van der Waals surface area (Å²) in [5.74, 6) is 0.157. The quantitative estimate of drug-likeness (QED) is 0.656. The molecule has 1 amide bonds. The summed E-state index contributed by atoms with van der Waals surface area (Å²) in [6, 6.07) is 1.30. The molecule has 0 spiro atoms. The van der Waals surface area contributed by atoms with Crippen molar-refractivity contribution in [3.8, 4) is 0 Å². The number of nitro groups is 1. The standard InChI is InChI=1S/C13H18N4O3/c1-8-4-3-5-16(9(8)2)13(18)11-6-10(17(19)20)7-15-12(11)14/h6-9H,3-5H2,1-2H3,(H2,14,15). The maximum Gasteiger partial charge on any atom is 0.288 e. The first kappa shape index (κ1) is 14.2. The van der Waals surface area contributed by atoms with Crippen molar-refractivity contribution >= 4 is 17.4 Å². The van der Waals surface area contributed by atoms with Crippen LogP contribution in [0.2, 0.25) is 0 Å². The Kier molecular flexibility index (Phi) is 3.87. The number of anilines is 1. The van der Waals surface area contributed by atoms with Crippen molar-refractivity contribution in [2.45, 2.75) is 32.7 Å². The fourth-order valence-electron chi connectivity index (χ4n) is 2.51. The van der Waals surface area contributed by atoms with Crippen molar-refractivity contribution in [2.75, 3.05) is 12.3 Å². The van der Waals surface area contributed by atoms with Gasteiger partial charge in [0.25, 0.3) is 11.6 Å². The van der Waals surface area contributed by atoms with Crippen molar-refractivity contribution in [2.24, 2.45) is 5.92 Å². The Bertz CT molecular complexity index is 546. The van der Waals surface area contributed by atoms with Gasteiger partial charge in [-0.15, -0.1) is 0 Å². The molecule has 0 aromatic carbocycles. The fourth-order valence-corrected chi connectivity index (χ4v) is 2.51. The number of rotatable bonds is 2. The largest absolute Gasteiger partial charge is 0.383 e. The van der Waals surface area contributed by atoms with Gasteiger partial charge < -0.3 is 10.6 Å². The summed E-state index contributed by atoms with van der Waals surface area (Å²) in [4.78, 5) is 28.2. The van der Waals surface area contributed by atoms with Crippen LogP contribution in [0.5, 0.6) is 0 Å². The van der Waals surface area contributed by atoms with Crippen molar-refractivity contribution in [1.82, 2.24) is 9.88 Å². The summed E-state index contributed by atoms with van der Waals surface area (Å²) in [5.41, 5.74) is 5.59. The molecule has 108 valence electrons. The molecular weight excluding hydrogens is 260 g/mol. The molecule has 0 bridgehead atoms. The van der Waals surface area contributed by atoms with Crippen LogP contribution in [-0.4, -0.2) is 33.3 Å². The third kappa shape index (κ3) is 2.56. The van der Waals surface area contributed by atoms with Gasteiger partial charge in [0.2, 0.25) is 0 Å². The molecule has 2 unspecified atom stereocenters. The normalized spacial score (nSPS) is 22.6. The molecule has 2 N–H and O–H groups in total. The van der Waals surface area contributed by atoms with E-state index >= 15 is 0 Å². The van der Waals surface area contributed by atoms with E-state index in [1.165, 1.54) is 6.07 Å². The van der Waals surface area contributed by atoms with Gasteiger partial charge in [-0.05, 0) is 25.7 Å². The molecule has 1 aliphatic heterocycles.